The first-order valence-corrected chi connectivity index (χ1v) is 6.52. The molecule has 0 aliphatic heterocycles. The van der Waals surface area contributed by atoms with Gasteiger partial charge >= 0.3 is 0 Å². The van der Waals surface area contributed by atoms with Crippen LogP contribution in [0.2, 0.25) is 0 Å². The lowest BCUT2D eigenvalue weighted by molar-refractivity contribution is -0.385. The van der Waals surface area contributed by atoms with Crippen molar-refractivity contribution in [2.75, 3.05) is 0 Å². The molecule has 0 amide bonds. The van der Waals surface area contributed by atoms with E-state index in [1.807, 2.05) is 6.92 Å². The van der Waals surface area contributed by atoms with Gasteiger partial charge in [0.15, 0.2) is 5.78 Å². The van der Waals surface area contributed by atoms with Gasteiger partial charge in [-0.2, -0.15) is 5.10 Å². The van der Waals surface area contributed by atoms with Crippen LogP contribution in [0, 0.1) is 17.0 Å². The van der Waals surface area contributed by atoms with E-state index in [9.17, 15) is 14.9 Å². The van der Waals surface area contributed by atoms with Crippen molar-refractivity contribution >= 4 is 17.5 Å². The number of ketones is 1. The van der Waals surface area contributed by atoms with E-state index in [-0.39, 0.29) is 11.5 Å². The molecule has 21 heavy (non-hydrogen) atoms. The van der Waals surface area contributed by atoms with E-state index in [1.165, 1.54) is 18.2 Å². The Kier molecular flexibility index (Phi) is 4.27. The molecule has 2 aromatic rings. The van der Waals surface area contributed by atoms with Crippen LogP contribution >= 0.6 is 0 Å². The van der Waals surface area contributed by atoms with E-state index in [0.717, 1.165) is 0 Å². The van der Waals surface area contributed by atoms with Crippen LogP contribution in [0.3, 0.4) is 0 Å². The van der Waals surface area contributed by atoms with Crippen molar-refractivity contribution in [3.8, 4) is 0 Å². The number of nitrogens with zero attached hydrogens (tertiary/aromatic N) is 3. The minimum absolute atomic E-state index is 0.0254. The molecule has 0 saturated carbocycles. The van der Waals surface area contributed by atoms with Gasteiger partial charge in [-0.25, -0.2) is 0 Å². The highest BCUT2D eigenvalue weighted by Crippen LogP contribution is 2.19. The highest BCUT2D eigenvalue weighted by atomic mass is 16.6. The number of allylic oxidation sites excluding steroid dienone is 1. The van der Waals surface area contributed by atoms with Crippen LogP contribution < -0.4 is 0 Å². The SMILES string of the molecule is CCn1cc(C(=O)/C=C/c2ccccc2[N+](=O)[O-])c(C)n1. The van der Waals surface area contributed by atoms with E-state index in [0.29, 0.717) is 23.4 Å². The van der Waals surface area contributed by atoms with Crippen molar-refractivity contribution in [1.29, 1.82) is 0 Å². The number of para-hydroxylation sites is 1. The number of nitro groups is 1. The summed E-state index contributed by atoms with van der Waals surface area (Å²) in [4.78, 5) is 22.6. The summed E-state index contributed by atoms with van der Waals surface area (Å²) in [6.07, 6.45) is 4.48. The fourth-order valence-corrected chi connectivity index (χ4v) is 1.97. The van der Waals surface area contributed by atoms with Crippen LogP contribution in [0.1, 0.15) is 28.5 Å². The normalized spacial score (nSPS) is 11.0. The van der Waals surface area contributed by atoms with Gasteiger partial charge in [0.05, 0.1) is 21.7 Å². The maximum atomic E-state index is 12.1. The standard InChI is InChI=1S/C15H15N3O3/c1-3-17-10-13(11(2)16-17)15(19)9-8-12-6-4-5-7-14(12)18(20)21/h4-10H,3H2,1-2H3/b9-8+. The molecular formula is C15H15N3O3. The fourth-order valence-electron chi connectivity index (χ4n) is 1.97. The van der Waals surface area contributed by atoms with Crippen LogP contribution in [0.15, 0.2) is 36.5 Å². The fraction of sp³-hybridized carbons (Fsp3) is 0.200. The molecule has 0 fully saturated rings. The first-order chi connectivity index (χ1) is 10.0. The van der Waals surface area contributed by atoms with Gasteiger partial charge in [0.2, 0.25) is 0 Å². The van der Waals surface area contributed by atoms with E-state index >= 15 is 0 Å². The van der Waals surface area contributed by atoms with Crippen molar-refractivity contribution in [2.45, 2.75) is 20.4 Å². The van der Waals surface area contributed by atoms with Crippen LogP contribution in [0.25, 0.3) is 6.08 Å². The Bertz CT molecular complexity index is 717. The molecule has 0 aliphatic rings. The first kappa shape index (κ1) is 14.6. The highest BCUT2D eigenvalue weighted by Gasteiger charge is 2.12. The summed E-state index contributed by atoms with van der Waals surface area (Å²) >= 11 is 0. The quantitative estimate of drug-likeness (QED) is 0.366. The summed E-state index contributed by atoms with van der Waals surface area (Å²) in [7, 11) is 0. The van der Waals surface area contributed by atoms with E-state index in [4.69, 9.17) is 0 Å². The number of carbonyl (C=O) groups excluding carboxylic acids is 1. The lowest BCUT2D eigenvalue weighted by Crippen LogP contribution is -1.96. The van der Waals surface area contributed by atoms with E-state index in [1.54, 1.807) is 36.0 Å². The van der Waals surface area contributed by atoms with Gasteiger partial charge in [0, 0.05) is 18.8 Å². The number of aryl methyl sites for hydroxylation is 2. The van der Waals surface area contributed by atoms with Crippen LogP contribution in [0.5, 0.6) is 0 Å². The summed E-state index contributed by atoms with van der Waals surface area (Å²) in [5.41, 5.74) is 1.53. The van der Waals surface area contributed by atoms with Crippen LogP contribution in [-0.2, 0) is 6.54 Å². The lowest BCUT2D eigenvalue weighted by Gasteiger charge is -1.96. The first-order valence-electron chi connectivity index (χ1n) is 6.52. The second kappa shape index (κ2) is 6.13. The average molecular weight is 285 g/mol. The van der Waals surface area contributed by atoms with Gasteiger partial charge in [-0.1, -0.05) is 12.1 Å². The predicted octanol–water partition coefficient (Wildman–Crippen LogP) is 3.02. The van der Waals surface area contributed by atoms with E-state index < -0.39 is 4.92 Å². The van der Waals surface area contributed by atoms with Crippen LogP contribution in [-0.4, -0.2) is 20.5 Å². The van der Waals surface area contributed by atoms with Crippen LogP contribution in [0.4, 0.5) is 5.69 Å². The Balaban J connectivity index is 2.27. The molecule has 0 bridgehead atoms. The number of hydrogen-bond acceptors (Lipinski definition) is 4. The molecular weight excluding hydrogens is 270 g/mol. The largest absolute Gasteiger partial charge is 0.289 e. The zero-order valence-electron chi connectivity index (χ0n) is 11.8. The van der Waals surface area contributed by atoms with Gasteiger partial charge in [-0.3, -0.25) is 19.6 Å². The summed E-state index contributed by atoms with van der Waals surface area (Å²) in [6.45, 7) is 4.38. The second-order valence-corrected chi connectivity index (χ2v) is 4.50. The Morgan fingerprint density at radius 2 is 2.14 bits per heavy atom. The smallest absolute Gasteiger partial charge is 0.276 e. The number of aromatic nitrogens is 2. The molecule has 108 valence electrons. The Morgan fingerprint density at radius 1 is 1.43 bits per heavy atom. The van der Waals surface area contributed by atoms with Crippen molar-refractivity contribution in [2.24, 2.45) is 0 Å². The number of carbonyl (C=O) groups is 1. The molecule has 0 unspecified atom stereocenters. The van der Waals surface area contributed by atoms with E-state index in [2.05, 4.69) is 5.10 Å². The van der Waals surface area contributed by atoms with Crippen molar-refractivity contribution in [3.05, 3.63) is 63.5 Å². The molecule has 0 N–H and O–H groups in total. The number of nitro benzene ring substituents is 1. The maximum Gasteiger partial charge on any atom is 0.276 e. The Labute approximate surface area is 121 Å². The topological polar surface area (TPSA) is 78.0 Å². The van der Waals surface area contributed by atoms with Crippen molar-refractivity contribution in [3.63, 3.8) is 0 Å². The lowest BCUT2D eigenvalue weighted by atomic mass is 10.1. The van der Waals surface area contributed by atoms with Gasteiger partial charge in [-0.05, 0) is 32.1 Å². The minimum atomic E-state index is -0.468. The molecule has 0 saturated heterocycles. The molecule has 1 aromatic carbocycles. The Morgan fingerprint density at radius 3 is 2.76 bits per heavy atom. The van der Waals surface area contributed by atoms with Gasteiger partial charge in [-0.15, -0.1) is 0 Å². The van der Waals surface area contributed by atoms with Crippen molar-refractivity contribution < 1.29 is 9.72 Å². The van der Waals surface area contributed by atoms with Gasteiger partial charge in [0.1, 0.15) is 0 Å². The highest BCUT2D eigenvalue weighted by molar-refractivity contribution is 6.07. The predicted molar refractivity (Wildman–Crippen MR) is 79.1 cm³/mol. The zero-order valence-corrected chi connectivity index (χ0v) is 11.8. The Hall–Kier alpha value is -2.76. The summed E-state index contributed by atoms with van der Waals surface area (Å²) in [6, 6.07) is 6.29. The second-order valence-electron chi connectivity index (χ2n) is 4.50. The summed E-state index contributed by atoms with van der Waals surface area (Å²) in [5.74, 6) is -0.217. The van der Waals surface area contributed by atoms with Crippen molar-refractivity contribution in [1.82, 2.24) is 9.78 Å². The average Bonchev–Trinajstić information content (AvgIpc) is 2.86. The molecule has 1 heterocycles. The molecule has 2 rings (SSSR count). The molecule has 0 aliphatic carbocycles. The number of rotatable bonds is 5. The minimum Gasteiger partial charge on any atom is -0.289 e. The molecule has 0 radical (unpaired) electrons. The number of hydrogen-bond donors (Lipinski definition) is 0. The zero-order chi connectivity index (χ0) is 15.4. The summed E-state index contributed by atoms with van der Waals surface area (Å²) in [5, 5.41) is 15.1. The molecule has 6 nitrogen and oxygen atoms in total. The third-order valence-electron chi connectivity index (χ3n) is 3.08. The van der Waals surface area contributed by atoms with Gasteiger partial charge < -0.3 is 0 Å². The third kappa shape index (κ3) is 3.22. The summed E-state index contributed by atoms with van der Waals surface area (Å²) < 4.78 is 1.68. The maximum absolute atomic E-state index is 12.1. The monoisotopic (exact) mass is 285 g/mol. The van der Waals surface area contributed by atoms with Gasteiger partial charge in [0.25, 0.3) is 5.69 Å². The molecule has 0 spiro atoms. The molecule has 0 atom stereocenters. The third-order valence-corrected chi connectivity index (χ3v) is 3.08. The molecule has 6 heteroatoms. The molecule has 1 aromatic heterocycles. The number of benzene rings is 1.